The Bertz CT molecular complexity index is 743. The molecule has 0 bridgehead atoms. The fraction of sp³-hybridized carbons (Fsp3) is 0.235. The monoisotopic (exact) mass is 368 g/mol. The summed E-state index contributed by atoms with van der Waals surface area (Å²) in [4.78, 5) is 13.9. The van der Waals surface area contributed by atoms with Gasteiger partial charge in [0.15, 0.2) is 0 Å². The standard InChI is InChI=1S/C15H12ClFN2O2S.C2H6/c1-19-14-5-3-11(6-9(14)8-21-15(19)20)22-18-10-2-4-13(17)12(16)7-10;1-2/h2-7,18H,8H2,1H3;1-2H3. The number of nitrogens with one attached hydrogen (secondary N) is 1. The lowest BCUT2D eigenvalue weighted by molar-refractivity contribution is 0.143. The summed E-state index contributed by atoms with van der Waals surface area (Å²) in [5.74, 6) is -0.448. The van der Waals surface area contributed by atoms with Crippen LogP contribution >= 0.6 is 23.5 Å². The van der Waals surface area contributed by atoms with Gasteiger partial charge in [-0.2, -0.15) is 0 Å². The lowest BCUT2D eigenvalue weighted by Crippen LogP contribution is -2.31. The molecule has 1 aliphatic rings. The Balaban J connectivity index is 0.00000100. The minimum Gasteiger partial charge on any atom is -0.444 e. The number of fused-ring (bicyclic) bond motifs is 1. The second kappa shape index (κ2) is 8.26. The first-order valence-electron chi connectivity index (χ1n) is 7.46. The summed E-state index contributed by atoms with van der Waals surface area (Å²) in [6, 6.07) is 10.2. The zero-order chi connectivity index (χ0) is 17.7. The third-order valence-corrected chi connectivity index (χ3v) is 4.36. The molecule has 0 atom stereocenters. The molecule has 0 fully saturated rings. The van der Waals surface area contributed by atoms with Crippen molar-refractivity contribution in [3.05, 3.63) is 52.8 Å². The van der Waals surface area contributed by atoms with E-state index in [0.717, 1.165) is 16.1 Å². The summed E-state index contributed by atoms with van der Waals surface area (Å²) in [5.41, 5.74) is 2.48. The van der Waals surface area contributed by atoms with Gasteiger partial charge in [-0.05, 0) is 48.3 Å². The van der Waals surface area contributed by atoms with Gasteiger partial charge in [-0.3, -0.25) is 4.90 Å². The number of hydrogen-bond acceptors (Lipinski definition) is 4. The summed E-state index contributed by atoms with van der Waals surface area (Å²) in [7, 11) is 1.67. The van der Waals surface area contributed by atoms with E-state index < -0.39 is 5.82 Å². The second-order valence-corrected chi connectivity index (χ2v) is 6.02. The van der Waals surface area contributed by atoms with Crippen LogP contribution in [0.15, 0.2) is 41.3 Å². The number of carbonyl (C=O) groups is 1. The van der Waals surface area contributed by atoms with Crippen LogP contribution in [0.1, 0.15) is 19.4 Å². The maximum atomic E-state index is 13.1. The van der Waals surface area contributed by atoms with Crippen LogP contribution in [0.5, 0.6) is 0 Å². The molecule has 0 aromatic heterocycles. The number of halogens is 2. The topological polar surface area (TPSA) is 41.6 Å². The summed E-state index contributed by atoms with van der Waals surface area (Å²) in [5, 5.41) is 0.0737. The van der Waals surface area contributed by atoms with E-state index in [2.05, 4.69) is 4.72 Å². The fourth-order valence-electron chi connectivity index (χ4n) is 2.08. The number of rotatable bonds is 3. The van der Waals surface area contributed by atoms with Gasteiger partial charge in [0.05, 0.1) is 10.7 Å². The molecule has 24 heavy (non-hydrogen) atoms. The van der Waals surface area contributed by atoms with Crippen molar-refractivity contribution in [2.45, 2.75) is 25.3 Å². The van der Waals surface area contributed by atoms with Crippen molar-refractivity contribution in [2.75, 3.05) is 16.7 Å². The number of anilines is 2. The van der Waals surface area contributed by atoms with Gasteiger partial charge in [0.1, 0.15) is 12.4 Å². The molecular weight excluding hydrogens is 351 g/mol. The first-order chi connectivity index (χ1) is 11.5. The number of amides is 1. The first kappa shape index (κ1) is 18.4. The molecule has 1 heterocycles. The average molecular weight is 369 g/mol. The molecule has 128 valence electrons. The normalized spacial score (nSPS) is 12.7. The number of cyclic esters (lactones) is 1. The first-order valence-corrected chi connectivity index (χ1v) is 8.65. The van der Waals surface area contributed by atoms with Crippen LogP contribution in [0.2, 0.25) is 5.02 Å². The molecular formula is C17H18ClFN2O2S. The number of benzene rings is 2. The smallest absolute Gasteiger partial charge is 0.414 e. The number of nitrogens with zero attached hydrogens (tertiary/aromatic N) is 1. The Hall–Kier alpha value is -1.92. The Kier molecular flexibility index (Phi) is 6.34. The maximum Gasteiger partial charge on any atom is 0.414 e. The van der Waals surface area contributed by atoms with Crippen LogP contribution in [-0.2, 0) is 11.3 Å². The summed E-state index contributed by atoms with van der Waals surface area (Å²) < 4.78 is 21.3. The summed E-state index contributed by atoms with van der Waals surface area (Å²) in [6.45, 7) is 4.26. The molecule has 0 unspecified atom stereocenters. The van der Waals surface area contributed by atoms with Gasteiger partial charge in [0.2, 0.25) is 0 Å². The van der Waals surface area contributed by atoms with E-state index in [-0.39, 0.29) is 17.7 Å². The third kappa shape index (κ3) is 4.13. The summed E-state index contributed by atoms with van der Waals surface area (Å²) in [6.07, 6.45) is -0.355. The van der Waals surface area contributed by atoms with Gasteiger partial charge in [0, 0.05) is 23.2 Å². The van der Waals surface area contributed by atoms with Crippen LogP contribution in [-0.4, -0.2) is 13.1 Å². The van der Waals surface area contributed by atoms with Crippen molar-refractivity contribution in [3.8, 4) is 0 Å². The summed E-state index contributed by atoms with van der Waals surface area (Å²) >= 11 is 7.11. The van der Waals surface area contributed by atoms with Crippen molar-refractivity contribution >= 4 is 41.0 Å². The van der Waals surface area contributed by atoms with Crippen molar-refractivity contribution in [3.63, 3.8) is 0 Å². The van der Waals surface area contributed by atoms with Gasteiger partial charge in [-0.15, -0.1) is 0 Å². The zero-order valence-electron chi connectivity index (χ0n) is 13.6. The number of hydrogen-bond donors (Lipinski definition) is 1. The van der Waals surface area contributed by atoms with Crippen molar-refractivity contribution in [1.82, 2.24) is 0 Å². The predicted octanol–water partition coefficient (Wildman–Crippen LogP) is 5.71. The molecule has 0 radical (unpaired) electrons. The van der Waals surface area contributed by atoms with Gasteiger partial charge in [-0.25, -0.2) is 9.18 Å². The van der Waals surface area contributed by atoms with Crippen LogP contribution < -0.4 is 9.62 Å². The van der Waals surface area contributed by atoms with E-state index in [1.54, 1.807) is 13.1 Å². The molecule has 0 aliphatic carbocycles. The van der Waals surface area contributed by atoms with E-state index in [4.69, 9.17) is 16.3 Å². The molecule has 2 aromatic carbocycles. The van der Waals surface area contributed by atoms with Crippen LogP contribution in [0, 0.1) is 5.82 Å². The zero-order valence-corrected chi connectivity index (χ0v) is 15.2. The second-order valence-electron chi connectivity index (χ2n) is 4.74. The Morgan fingerprint density at radius 3 is 2.71 bits per heavy atom. The number of ether oxygens (including phenoxy) is 1. The van der Waals surface area contributed by atoms with Gasteiger partial charge in [0.25, 0.3) is 0 Å². The molecule has 7 heteroatoms. The molecule has 0 spiro atoms. The van der Waals surface area contributed by atoms with Gasteiger partial charge in [-0.1, -0.05) is 25.4 Å². The molecule has 0 saturated carbocycles. The highest BCUT2D eigenvalue weighted by molar-refractivity contribution is 8.00. The SMILES string of the molecule is CC.CN1C(=O)OCc2cc(SNc3ccc(F)c(Cl)c3)ccc21. The molecule has 0 saturated heterocycles. The number of carbonyl (C=O) groups excluding carboxylic acids is 1. The molecule has 3 rings (SSSR count). The largest absolute Gasteiger partial charge is 0.444 e. The van der Waals surface area contributed by atoms with Crippen molar-refractivity contribution in [1.29, 1.82) is 0 Å². The van der Waals surface area contributed by atoms with E-state index in [0.29, 0.717) is 5.69 Å². The van der Waals surface area contributed by atoms with E-state index in [1.807, 2.05) is 32.0 Å². The molecule has 1 N–H and O–H groups in total. The fourth-order valence-corrected chi connectivity index (χ4v) is 2.96. The molecule has 2 aromatic rings. The predicted molar refractivity (Wildman–Crippen MR) is 97.3 cm³/mol. The average Bonchev–Trinajstić information content (AvgIpc) is 2.61. The highest BCUT2D eigenvalue weighted by Gasteiger charge is 2.22. The van der Waals surface area contributed by atoms with Gasteiger partial charge < -0.3 is 9.46 Å². The minimum atomic E-state index is -0.448. The molecule has 1 aliphatic heterocycles. The Morgan fingerprint density at radius 2 is 2.00 bits per heavy atom. The quantitative estimate of drug-likeness (QED) is 0.704. The maximum absolute atomic E-state index is 13.1. The highest BCUT2D eigenvalue weighted by atomic mass is 35.5. The third-order valence-electron chi connectivity index (χ3n) is 3.24. The highest BCUT2D eigenvalue weighted by Crippen LogP contribution is 2.31. The molecule has 1 amide bonds. The minimum absolute atomic E-state index is 0.0737. The lowest BCUT2D eigenvalue weighted by atomic mass is 10.1. The lowest BCUT2D eigenvalue weighted by Gasteiger charge is -2.25. The van der Waals surface area contributed by atoms with E-state index in [9.17, 15) is 9.18 Å². The Labute approximate surface area is 150 Å². The van der Waals surface area contributed by atoms with E-state index in [1.165, 1.54) is 29.0 Å². The van der Waals surface area contributed by atoms with Gasteiger partial charge >= 0.3 is 6.09 Å². The molecule has 4 nitrogen and oxygen atoms in total. The van der Waals surface area contributed by atoms with E-state index >= 15 is 0 Å². The van der Waals surface area contributed by atoms with Crippen LogP contribution in [0.4, 0.5) is 20.6 Å². The van der Waals surface area contributed by atoms with Crippen molar-refractivity contribution < 1.29 is 13.9 Å². The van der Waals surface area contributed by atoms with Crippen LogP contribution in [0.25, 0.3) is 0 Å². The van der Waals surface area contributed by atoms with Crippen molar-refractivity contribution in [2.24, 2.45) is 0 Å². The van der Waals surface area contributed by atoms with Crippen LogP contribution in [0.3, 0.4) is 0 Å². The Morgan fingerprint density at radius 1 is 1.25 bits per heavy atom.